The fourth-order valence-electron chi connectivity index (χ4n) is 2.76. The highest BCUT2D eigenvalue weighted by atomic mass is 16.5. The number of hydrogen-bond donors (Lipinski definition) is 3. The number of carbonyl (C=O) groups is 2. The zero-order valence-electron chi connectivity index (χ0n) is 17.1. The van der Waals surface area contributed by atoms with E-state index in [1.165, 1.54) is 12.1 Å². The Morgan fingerprint density at radius 1 is 0.967 bits per heavy atom. The molecule has 30 heavy (non-hydrogen) atoms. The Labute approximate surface area is 174 Å². The molecule has 1 aromatic heterocycles. The number of phenols is 1. The molecule has 1 heterocycles. The molecule has 0 bridgehead atoms. The largest absolute Gasteiger partial charge is 0.508 e. The van der Waals surface area contributed by atoms with E-state index in [0.29, 0.717) is 16.8 Å². The third-order valence-electron chi connectivity index (χ3n) is 4.57. The number of nitrogens with zero attached hydrogens (tertiary/aromatic N) is 2. The molecule has 8 nitrogen and oxygen atoms in total. The van der Waals surface area contributed by atoms with Crippen LogP contribution >= 0.6 is 0 Å². The molecule has 2 aromatic carbocycles. The molecular weight excluding hydrogens is 384 g/mol. The highest BCUT2D eigenvalue weighted by Crippen LogP contribution is 2.17. The van der Waals surface area contributed by atoms with Crippen LogP contribution < -0.4 is 15.4 Å². The minimum absolute atomic E-state index is 0.124. The number of aromatic hydroxyl groups is 1. The van der Waals surface area contributed by atoms with Gasteiger partial charge in [-0.2, -0.15) is 0 Å². The van der Waals surface area contributed by atoms with Crippen molar-refractivity contribution < 1.29 is 19.4 Å². The second-order valence-electron chi connectivity index (χ2n) is 6.90. The van der Waals surface area contributed by atoms with E-state index in [1.54, 1.807) is 37.3 Å². The molecule has 0 aliphatic heterocycles. The molecule has 0 fully saturated rings. The quantitative estimate of drug-likeness (QED) is 0.517. The molecule has 0 saturated carbocycles. The first-order valence-electron chi connectivity index (χ1n) is 9.60. The molecule has 0 saturated heterocycles. The highest BCUT2D eigenvalue weighted by molar-refractivity contribution is 5.97. The predicted octanol–water partition coefficient (Wildman–Crippen LogP) is 2.27. The molecule has 0 spiro atoms. The van der Waals surface area contributed by atoms with Crippen LogP contribution in [0.15, 0.2) is 42.5 Å². The van der Waals surface area contributed by atoms with E-state index in [0.717, 1.165) is 16.9 Å². The lowest BCUT2D eigenvalue weighted by Gasteiger charge is -2.15. The number of hydrogen-bond acceptors (Lipinski definition) is 6. The molecule has 2 amide bonds. The monoisotopic (exact) mass is 408 g/mol. The van der Waals surface area contributed by atoms with Crippen LogP contribution in [0.1, 0.15) is 28.7 Å². The smallest absolute Gasteiger partial charge is 0.260 e. The standard InChI is InChI=1S/C22H24N4O4/c1-13-14(2)26-20-12-16(4-9-19(20)25-13)22(29)24-11-10-23-21(28)15(3)30-18-7-5-17(27)6-8-18/h4-9,12,15,27H,10-11H2,1-3H3,(H,23,28)(H,24,29). The van der Waals surface area contributed by atoms with E-state index >= 15 is 0 Å². The first-order chi connectivity index (χ1) is 14.3. The van der Waals surface area contributed by atoms with Gasteiger partial charge in [0.15, 0.2) is 6.10 Å². The second kappa shape index (κ2) is 9.21. The minimum Gasteiger partial charge on any atom is -0.508 e. The molecule has 1 atom stereocenters. The Hall–Kier alpha value is -3.68. The number of aryl methyl sites for hydroxylation is 2. The number of nitrogens with one attached hydrogen (secondary N) is 2. The molecule has 3 N–H and O–H groups in total. The van der Waals surface area contributed by atoms with Gasteiger partial charge >= 0.3 is 0 Å². The number of amides is 2. The fraction of sp³-hybridized carbons (Fsp3) is 0.273. The summed E-state index contributed by atoms with van der Waals surface area (Å²) in [4.78, 5) is 33.4. The van der Waals surface area contributed by atoms with Crippen LogP contribution in [-0.4, -0.2) is 46.1 Å². The van der Waals surface area contributed by atoms with Crippen LogP contribution in [0.5, 0.6) is 11.5 Å². The maximum atomic E-state index is 12.4. The minimum atomic E-state index is -0.712. The zero-order valence-corrected chi connectivity index (χ0v) is 17.1. The van der Waals surface area contributed by atoms with E-state index in [4.69, 9.17) is 4.74 Å². The molecule has 1 unspecified atom stereocenters. The average Bonchev–Trinajstić information content (AvgIpc) is 2.73. The van der Waals surface area contributed by atoms with Crippen LogP contribution in [0.25, 0.3) is 11.0 Å². The van der Waals surface area contributed by atoms with E-state index < -0.39 is 6.10 Å². The number of rotatable bonds is 7. The van der Waals surface area contributed by atoms with Crippen LogP contribution in [0.2, 0.25) is 0 Å². The van der Waals surface area contributed by atoms with Crippen LogP contribution in [0, 0.1) is 13.8 Å². The zero-order chi connectivity index (χ0) is 21.7. The fourth-order valence-corrected chi connectivity index (χ4v) is 2.76. The van der Waals surface area contributed by atoms with Crippen molar-refractivity contribution in [3.05, 3.63) is 59.4 Å². The second-order valence-corrected chi connectivity index (χ2v) is 6.90. The lowest BCUT2D eigenvalue weighted by Crippen LogP contribution is -2.40. The Morgan fingerprint density at radius 3 is 2.30 bits per heavy atom. The summed E-state index contributed by atoms with van der Waals surface area (Å²) in [5.41, 5.74) is 3.57. The van der Waals surface area contributed by atoms with Gasteiger partial charge in [0.2, 0.25) is 0 Å². The SMILES string of the molecule is Cc1nc2ccc(C(=O)NCCNC(=O)C(C)Oc3ccc(O)cc3)cc2nc1C. The van der Waals surface area contributed by atoms with E-state index in [2.05, 4.69) is 20.6 Å². The normalized spacial score (nSPS) is 11.7. The van der Waals surface area contributed by atoms with Gasteiger partial charge in [-0.3, -0.25) is 9.59 Å². The molecule has 0 radical (unpaired) electrons. The van der Waals surface area contributed by atoms with Gasteiger partial charge in [0.05, 0.1) is 22.4 Å². The maximum Gasteiger partial charge on any atom is 0.260 e. The molecular formula is C22H24N4O4. The molecule has 3 aromatic rings. The van der Waals surface area contributed by atoms with Crippen molar-refractivity contribution in [1.29, 1.82) is 0 Å². The summed E-state index contributed by atoms with van der Waals surface area (Å²) in [6.45, 7) is 5.93. The number of benzene rings is 2. The van der Waals surface area contributed by atoms with Crippen LogP contribution in [0.3, 0.4) is 0 Å². The third kappa shape index (κ3) is 5.22. The van der Waals surface area contributed by atoms with Crippen molar-refractivity contribution in [2.75, 3.05) is 13.1 Å². The predicted molar refractivity (Wildman–Crippen MR) is 113 cm³/mol. The van der Waals surface area contributed by atoms with Gasteiger partial charge in [0, 0.05) is 18.7 Å². The Balaban J connectivity index is 1.47. The summed E-state index contributed by atoms with van der Waals surface area (Å²) in [5, 5.41) is 14.8. The van der Waals surface area contributed by atoms with Gasteiger partial charge < -0.3 is 20.5 Å². The van der Waals surface area contributed by atoms with Gasteiger partial charge in [0.1, 0.15) is 11.5 Å². The number of ether oxygens (including phenoxy) is 1. The van der Waals surface area contributed by atoms with Crippen LogP contribution in [-0.2, 0) is 4.79 Å². The van der Waals surface area contributed by atoms with Gasteiger partial charge in [-0.15, -0.1) is 0 Å². The summed E-state index contributed by atoms with van der Waals surface area (Å²) >= 11 is 0. The molecule has 8 heteroatoms. The molecule has 0 aliphatic rings. The van der Waals surface area contributed by atoms with Gasteiger partial charge in [0.25, 0.3) is 11.8 Å². The Bertz CT molecular complexity index is 1070. The van der Waals surface area contributed by atoms with Crippen molar-refractivity contribution >= 4 is 22.8 Å². The summed E-state index contributed by atoms with van der Waals surface area (Å²) in [6.07, 6.45) is -0.712. The summed E-state index contributed by atoms with van der Waals surface area (Å²) in [7, 11) is 0. The van der Waals surface area contributed by atoms with Crippen LogP contribution in [0.4, 0.5) is 0 Å². The van der Waals surface area contributed by atoms with Gasteiger partial charge in [-0.1, -0.05) is 0 Å². The number of aromatic nitrogens is 2. The summed E-state index contributed by atoms with van der Waals surface area (Å²) in [5.74, 6) is 0.0520. The Morgan fingerprint density at radius 2 is 1.60 bits per heavy atom. The molecule has 156 valence electrons. The lowest BCUT2D eigenvalue weighted by molar-refractivity contribution is -0.127. The van der Waals surface area contributed by atoms with Gasteiger partial charge in [-0.05, 0) is 63.2 Å². The molecule has 3 rings (SSSR count). The lowest BCUT2D eigenvalue weighted by atomic mass is 10.1. The van der Waals surface area contributed by atoms with E-state index in [1.807, 2.05) is 13.8 Å². The third-order valence-corrected chi connectivity index (χ3v) is 4.57. The first-order valence-corrected chi connectivity index (χ1v) is 9.60. The Kier molecular flexibility index (Phi) is 6.46. The highest BCUT2D eigenvalue weighted by Gasteiger charge is 2.14. The van der Waals surface area contributed by atoms with Gasteiger partial charge in [-0.25, -0.2) is 9.97 Å². The van der Waals surface area contributed by atoms with Crippen molar-refractivity contribution in [1.82, 2.24) is 20.6 Å². The van der Waals surface area contributed by atoms with E-state index in [-0.39, 0.29) is 30.7 Å². The summed E-state index contributed by atoms with van der Waals surface area (Å²) in [6, 6.07) is 11.3. The average molecular weight is 408 g/mol. The van der Waals surface area contributed by atoms with Crippen molar-refractivity contribution in [2.24, 2.45) is 0 Å². The summed E-state index contributed by atoms with van der Waals surface area (Å²) < 4.78 is 5.51. The van der Waals surface area contributed by atoms with Crippen molar-refractivity contribution in [2.45, 2.75) is 26.9 Å². The first kappa shape index (κ1) is 21.0. The van der Waals surface area contributed by atoms with Crippen molar-refractivity contribution in [3.63, 3.8) is 0 Å². The topological polar surface area (TPSA) is 113 Å². The number of fused-ring (bicyclic) bond motifs is 1. The van der Waals surface area contributed by atoms with E-state index in [9.17, 15) is 14.7 Å². The molecule has 0 aliphatic carbocycles. The number of phenolic OH excluding ortho intramolecular Hbond substituents is 1. The maximum absolute atomic E-state index is 12.4. The number of carbonyl (C=O) groups excluding carboxylic acids is 2. The van der Waals surface area contributed by atoms with Crippen molar-refractivity contribution in [3.8, 4) is 11.5 Å².